The molecular weight excluding hydrogens is 396 g/mol. The molecule has 0 radical (unpaired) electrons. The van der Waals surface area contributed by atoms with E-state index in [1.54, 1.807) is 0 Å². The van der Waals surface area contributed by atoms with Crippen molar-refractivity contribution in [1.82, 2.24) is 4.57 Å². The molecule has 0 saturated carbocycles. The first-order valence-electron chi connectivity index (χ1n) is 11.1. The van der Waals surface area contributed by atoms with E-state index in [0.29, 0.717) is 24.5 Å². The van der Waals surface area contributed by atoms with E-state index < -0.39 is 0 Å². The summed E-state index contributed by atoms with van der Waals surface area (Å²) < 4.78 is 7.93. The van der Waals surface area contributed by atoms with Crippen LogP contribution in [-0.4, -0.2) is 4.57 Å². The lowest BCUT2D eigenvalue weighted by molar-refractivity contribution is 0.306. The summed E-state index contributed by atoms with van der Waals surface area (Å²) in [4.78, 5) is 13.4. The lowest BCUT2D eigenvalue weighted by atomic mass is 9.95. The van der Waals surface area contributed by atoms with Crippen LogP contribution >= 0.6 is 0 Å². The summed E-state index contributed by atoms with van der Waals surface area (Å²) in [6.45, 7) is 7.69. The minimum absolute atomic E-state index is 0.000351. The highest BCUT2D eigenvalue weighted by Crippen LogP contribution is 2.33. The third-order valence-electron chi connectivity index (χ3n) is 5.68. The third-order valence-corrected chi connectivity index (χ3v) is 5.68. The maximum atomic E-state index is 13.4. The van der Waals surface area contributed by atoms with Crippen LogP contribution in [0.4, 0.5) is 0 Å². The number of aryl methyl sites for hydroxylation is 1. The fourth-order valence-corrected chi connectivity index (χ4v) is 4.12. The number of ether oxygens (including phenoxy) is 1. The average molecular weight is 427 g/mol. The zero-order valence-electron chi connectivity index (χ0n) is 19.0. The van der Waals surface area contributed by atoms with Crippen LogP contribution in [0, 0.1) is 12.8 Å². The molecule has 0 amide bonds. The van der Waals surface area contributed by atoms with Gasteiger partial charge in [0, 0.05) is 35.1 Å². The quantitative estimate of drug-likeness (QED) is 0.414. The first-order chi connectivity index (χ1) is 15.5. The summed E-state index contributed by atoms with van der Waals surface area (Å²) in [5, 5.41) is 1.57. The van der Waals surface area contributed by atoms with Gasteiger partial charge in [-0.25, -0.2) is 0 Å². The first-order valence-corrected chi connectivity index (χ1v) is 11.1. The van der Waals surface area contributed by atoms with Crippen molar-refractivity contribution in [3.63, 3.8) is 0 Å². The van der Waals surface area contributed by atoms with E-state index >= 15 is 0 Å². The Bertz CT molecular complexity index is 1270. The van der Waals surface area contributed by atoms with Gasteiger partial charge in [-0.3, -0.25) is 4.79 Å². The molecule has 164 valence electrons. The Hall–Kier alpha value is -3.37. The van der Waals surface area contributed by atoms with Crippen molar-refractivity contribution in [2.24, 2.45) is 11.7 Å². The molecule has 1 heterocycles. The summed E-state index contributed by atoms with van der Waals surface area (Å²) in [5.74, 6) is 1.06. The summed E-state index contributed by atoms with van der Waals surface area (Å²) in [7, 11) is 0. The molecule has 3 aromatic carbocycles. The van der Waals surface area contributed by atoms with Gasteiger partial charge in [-0.2, -0.15) is 0 Å². The Morgan fingerprint density at radius 2 is 1.66 bits per heavy atom. The molecule has 0 unspecified atom stereocenters. The summed E-state index contributed by atoms with van der Waals surface area (Å²) in [6.07, 6.45) is 0. The predicted octanol–water partition coefficient (Wildman–Crippen LogP) is 5.67. The maximum Gasteiger partial charge on any atom is 0.258 e. The standard InChI is InChI=1S/C28H30N2O2/c1-19(2)17-30-26(16-29)27(22-11-9-20(3)10-12-22)25-15-23(13-14-24(25)28(30)31)32-18-21-7-5-4-6-8-21/h4-15,19H,16-18,29H2,1-3H3. The van der Waals surface area contributed by atoms with Crippen molar-refractivity contribution in [2.45, 2.75) is 40.5 Å². The molecule has 0 aliphatic heterocycles. The molecule has 0 aliphatic carbocycles. The van der Waals surface area contributed by atoms with Crippen molar-refractivity contribution in [3.8, 4) is 16.9 Å². The van der Waals surface area contributed by atoms with Crippen LogP contribution in [0.15, 0.2) is 77.6 Å². The van der Waals surface area contributed by atoms with Gasteiger partial charge >= 0.3 is 0 Å². The van der Waals surface area contributed by atoms with Crippen LogP contribution in [-0.2, 0) is 19.7 Å². The van der Waals surface area contributed by atoms with Gasteiger partial charge in [0.25, 0.3) is 5.56 Å². The number of rotatable bonds is 7. The highest BCUT2D eigenvalue weighted by Gasteiger charge is 2.18. The van der Waals surface area contributed by atoms with E-state index in [4.69, 9.17) is 10.5 Å². The second kappa shape index (κ2) is 9.41. The fraction of sp³-hybridized carbons (Fsp3) is 0.250. The van der Waals surface area contributed by atoms with Gasteiger partial charge in [0.1, 0.15) is 12.4 Å². The number of hydrogen-bond acceptors (Lipinski definition) is 3. The molecule has 2 N–H and O–H groups in total. The van der Waals surface area contributed by atoms with Crippen LogP contribution < -0.4 is 16.0 Å². The molecule has 4 aromatic rings. The Kier molecular flexibility index (Phi) is 6.42. The SMILES string of the molecule is Cc1ccc(-c2c(CN)n(CC(C)C)c(=O)c3ccc(OCc4ccccc4)cc23)cc1. The normalized spacial score (nSPS) is 11.3. The van der Waals surface area contributed by atoms with Gasteiger partial charge in [-0.15, -0.1) is 0 Å². The average Bonchev–Trinajstić information content (AvgIpc) is 2.80. The zero-order valence-corrected chi connectivity index (χ0v) is 19.0. The van der Waals surface area contributed by atoms with Gasteiger partial charge in [-0.05, 0) is 42.2 Å². The van der Waals surface area contributed by atoms with E-state index in [1.165, 1.54) is 5.56 Å². The van der Waals surface area contributed by atoms with Gasteiger partial charge in [-0.1, -0.05) is 74.0 Å². The maximum absolute atomic E-state index is 13.4. The van der Waals surface area contributed by atoms with Gasteiger partial charge in [0.05, 0.1) is 0 Å². The number of fused-ring (bicyclic) bond motifs is 1. The molecule has 0 atom stereocenters. The number of nitrogens with two attached hydrogens (primary N) is 1. The molecule has 4 rings (SSSR count). The molecule has 4 heteroatoms. The van der Waals surface area contributed by atoms with Crippen LogP contribution in [0.2, 0.25) is 0 Å². The lowest BCUT2D eigenvalue weighted by Gasteiger charge is -2.21. The smallest absolute Gasteiger partial charge is 0.258 e. The number of pyridine rings is 1. The van der Waals surface area contributed by atoms with E-state index in [9.17, 15) is 4.79 Å². The van der Waals surface area contributed by atoms with E-state index in [1.807, 2.05) is 53.1 Å². The second-order valence-electron chi connectivity index (χ2n) is 8.68. The predicted molar refractivity (Wildman–Crippen MR) is 132 cm³/mol. The van der Waals surface area contributed by atoms with Gasteiger partial charge in [0.15, 0.2) is 0 Å². The minimum atomic E-state index is -0.000351. The number of hydrogen-bond donors (Lipinski definition) is 1. The summed E-state index contributed by atoms with van der Waals surface area (Å²) in [5.41, 5.74) is 11.4. The minimum Gasteiger partial charge on any atom is -0.489 e. The monoisotopic (exact) mass is 426 g/mol. The van der Waals surface area contributed by atoms with Crippen molar-refractivity contribution in [1.29, 1.82) is 0 Å². The van der Waals surface area contributed by atoms with Crippen molar-refractivity contribution in [2.75, 3.05) is 0 Å². The van der Waals surface area contributed by atoms with Crippen molar-refractivity contribution >= 4 is 10.8 Å². The Morgan fingerprint density at radius 1 is 0.938 bits per heavy atom. The van der Waals surface area contributed by atoms with Crippen LogP contribution in [0.1, 0.15) is 30.7 Å². The molecule has 0 saturated heterocycles. The van der Waals surface area contributed by atoms with Crippen LogP contribution in [0.5, 0.6) is 5.75 Å². The summed E-state index contributed by atoms with van der Waals surface area (Å²) >= 11 is 0. The highest BCUT2D eigenvalue weighted by molar-refractivity contribution is 5.98. The topological polar surface area (TPSA) is 57.2 Å². The van der Waals surface area contributed by atoms with Crippen molar-refractivity contribution in [3.05, 3.63) is 100.0 Å². The molecule has 4 nitrogen and oxygen atoms in total. The molecule has 0 aliphatic rings. The van der Waals surface area contributed by atoms with E-state index in [2.05, 4.69) is 45.0 Å². The lowest BCUT2D eigenvalue weighted by Crippen LogP contribution is -2.28. The largest absolute Gasteiger partial charge is 0.489 e. The van der Waals surface area contributed by atoms with Crippen LogP contribution in [0.3, 0.4) is 0 Å². The fourth-order valence-electron chi connectivity index (χ4n) is 4.12. The molecule has 32 heavy (non-hydrogen) atoms. The molecule has 0 spiro atoms. The van der Waals surface area contributed by atoms with Gasteiger partial charge < -0.3 is 15.0 Å². The zero-order chi connectivity index (χ0) is 22.7. The van der Waals surface area contributed by atoms with E-state index in [-0.39, 0.29) is 12.1 Å². The summed E-state index contributed by atoms with van der Waals surface area (Å²) in [6, 6.07) is 24.2. The van der Waals surface area contributed by atoms with Crippen molar-refractivity contribution < 1.29 is 4.74 Å². The third kappa shape index (κ3) is 4.46. The number of aromatic nitrogens is 1. The van der Waals surface area contributed by atoms with Crippen LogP contribution in [0.25, 0.3) is 21.9 Å². The molecule has 0 fully saturated rings. The second-order valence-corrected chi connectivity index (χ2v) is 8.68. The highest BCUT2D eigenvalue weighted by atomic mass is 16.5. The number of nitrogens with zero attached hydrogens (tertiary/aromatic N) is 1. The Balaban J connectivity index is 1.90. The molecular formula is C28H30N2O2. The van der Waals surface area contributed by atoms with Gasteiger partial charge in [0.2, 0.25) is 0 Å². The molecule has 0 bridgehead atoms. The Labute approximate surface area is 189 Å². The number of benzene rings is 3. The van der Waals surface area contributed by atoms with E-state index in [0.717, 1.165) is 33.5 Å². The first kappa shape index (κ1) is 21.8. The molecule has 1 aromatic heterocycles. The Morgan fingerprint density at radius 3 is 2.31 bits per heavy atom.